The van der Waals surface area contributed by atoms with Crippen molar-refractivity contribution in [1.82, 2.24) is 14.9 Å². The first-order valence-electron chi connectivity index (χ1n) is 13.4. The highest BCUT2D eigenvalue weighted by molar-refractivity contribution is 7.80. The van der Waals surface area contributed by atoms with Crippen LogP contribution in [0.2, 0.25) is 0 Å². The van der Waals surface area contributed by atoms with E-state index in [1.165, 1.54) is 0 Å². The van der Waals surface area contributed by atoms with Crippen LogP contribution in [-0.4, -0.2) is 34.8 Å². The maximum atomic E-state index is 12.7. The van der Waals surface area contributed by atoms with E-state index in [-0.39, 0.29) is 18.0 Å². The highest BCUT2D eigenvalue weighted by atomic mass is 32.1. The lowest BCUT2D eigenvalue weighted by molar-refractivity contribution is -0.123. The van der Waals surface area contributed by atoms with Crippen LogP contribution in [0.4, 0.5) is 11.4 Å². The summed E-state index contributed by atoms with van der Waals surface area (Å²) in [6, 6.07) is 23.4. The number of carbonyl (C=O) groups excluding carboxylic acids is 1. The molecule has 0 radical (unpaired) electrons. The number of aryl methyl sites for hydroxylation is 1. The second-order valence-corrected chi connectivity index (χ2v) is 11.4. The second-order valence-electron chi connectivity index (χ2n) is 11.0. The van der Waals surface area contributed by atoms with Crippen molar-refractivity contribution in [3.63, 3.8) is 0 Å². The lowest BCUT2D eigenvalue weighted by atomic mass is 9.95. The first kappa shape index (κ1) is 28.2. The van der Waals surface area contributed by atoms with Crippen molar-refractivity contribution in [3.05, 3.63) is 96.1 Å². The van der Waals surface area contributed by atoms with Gasteiger partial charge in [0, 0.05) is 40.4 Å². The van der Waals surface area contributed by atoms with Crippen molar-refractivity contribution in [2.45, 2.75) is 39.8 Å². The van der Waals surface area contributed by atoms with Crippen LogP contribution in [-0.2, 0) is 4.79 Å². The van der Waals surface area contributed by atoms with Gasteiger partial charge in [0.15, 0.2) is 5.11 Å². The molecular formula is C32H35N5O3S. The summed E-state index contributed by atoms with van der Waals surface area (Å²) in [6.45, 7) is 7.71. The van der Waals surface area contributed by atoms with Gasteiger partial charge in [-0.15, -0.1) is 0 Å². The quantitative estimate of drug-likeness (QED) is 0.251. The summed E-state index contributed by atoms with van der Waals surface area (Å²) in [5.74, 6) is 1.25. The highest BCUT2D eigenvalue weighted by Crippen LogP contribution is 2.44. The maximum Gasteiger partial charge on any atom is 0.229 e. The molecule has 212 valence electrons. The fourth-order valence-corrected chi connectivity index (χ4v) is 5.40. The number of ether oxygens (including phenoxy) is 2. The molecular weight excluding hydrogens is 534 g/mol. The molecule has 41 heavy (non-hydrogen) atoms. The van der Waals surface area contributed by atoms with Crippen LogP contribution in [0.3, 0.4) is 0 Å². The Balaban J connectivity index is 1.63. The molecule has 1 fully saturated rings. The van der Waals surface area contributed by atoms with E-state index in [1.807, 2.05) is 81.4 Å². The van der Waals surface area contributed by atoms with E-state index in [2.05, 4.69) is 44.1 Å². The van der Waals surface area contributed by atoms with E-state index >= 15 is 0 Å². The molecule has 2 atom stereocenters. The predicted octanol–water partition coefficient (Wildman–Crippen LogP) is 6.36. The SMILES string of the molecule is COc1ccc(-n2c(C)ccc2[C@H]2[C@H](c3ccccn3)NC(=S)N2c2ccc(NC(=O)C(C)(C)C)c(OC)c2)cc1. The minimum atomic E-state index is -0.546. The molecule has 2 N–H and O–H groups in total. The average molecular weight is 570 g/mol. The average Bonchev–Trinajstić information content (AvgIpc) is 3.52. The van der Waals surface area contributed by atoms with Gasteiger partial charge >= 0.3 is 0 Å². The largest absolute Gasteiger partial charge is 0.497 e. The molecule has 8 nitrogen and oxygen atoms in total. The molecule has 4 aromatic rings. The number of aromatic nitrogens is 2. The Kier molecular flexibility index (Phi) is 7.73. The van der Waals surface area contributed by atoms with Crippen LogP contribution in [0, 0.1) is 12.3 Å². The number of hydrogen-bond donors (Lipinski definition) is 2. The fraction of sp³-hybridized carbons (Fsp3) is 0.281. The highest BCUT2D eigenvalue weighted by Gasteiger charge is 2.42. The topological polar surface area (TPSA) is 80.7 Å². The monoisotopic (exact) mass is 569 g/mol. The van der Waals surface area contributed by atoms with Crippen LogP contribution in [0.15, 0.2) is 79.0 Å². The molecule has 0 aliphatic carbocycles. The molecule has 1 aliphatic rings. The van der Waals surface area contributed by atoms with Crippen molar-refractivity contribution in [2.75, 3.05) is 24.4 Å². The van der Waals surface area contributed by atoms with Crippen molar-refractivity contribution in [3.8, 4) is 17.2 Å². The Bertz CT molecular complexity index is 1560. The molecule has 2 aromatic heterocycles. The molecule has 5 rings (SSSR count). The summed E-state index contributed by atoms with van der Waals surface area (Å²) in [5, 5.41) is 7.09. The number of thiocarbonyl (C=S) groups is 1. The zero-order valence-corrected chi connectivity index (χ0v) is 25.0. The van der Waals surface area contributed by atoms with E-state index in [9.17, 15) is 4.79 Å². The van der Waals surface area contributed by atoms with E-state index < -0.39 is 5.41 Å². The first-order valence-corrected chi connectivity index (χ1v) is 13.9. The summed E-state index contributed by atoms with van der Waals surface area (Å²) >= 11 is 5.96. The Morgan fingerprint density at radius 3 is 2.34 bits per heavy atom. The third kappa shape index (κ3) is 5.50. The molecule has 1 amide bonds. The normalized spacial score (nSPS) is 16.8. The molecule has 0 spiro atoms. The van der Waals surface area contributed by atoms with Crippen molar-refractivity contribution >= 4 is 34.6 Å². The number of amides is 1. The Morgan fingerprint density at radius 2 is 1.71 bits per heavy atom. The number of rotatable bonds is 7. The van der Waals surface area contributed by atoms with Crippen molar-refractivity contribution in [2.24, 2.45) is 5.41 Å². The minimum absolute atomic E-state index is 0.0946. The van der Waals surface area contributed by atoms with Gasteiger partial charge in [-0.25, -0.2) is 0 Å². The summed E-state index contributed by atoms with van der Waals surface area (Å²) < 4.78 is 13.4. The van der Waals surface area contributed by atoms with Crippen LogP contribution >= 0.6 is 12.2 Å². The Hall–Kier alpha value is -4.37. The van der Waals surface area contributed by atoms with Crippen LogP contribution < -0.4 is 25.0 Å². The summed E-state index contributed by atoms with van der Waals surface area (Å²) in [7, 11) is 3.26. The third-order valence-corrected chi connectivity index (χ3v) is 7.55. The fourth-order valence-electron chi connectivity index (χ4n) is 5.05. The zero-order valence-electron chi connectivity index (χ0n) is 24.1. The minimum Gasteiger partial charge on any atom is -0.497 e. The lowest BCUT2D eigenvalue weighted by Crippen LogP contribution is -2.30. The maximum absolute atomic E-state index is 12.7. The Labute approximate surface area is 246 Å². The number of nitrogens with one attached hydrogen (secondary N) is 2. The lowest BCUT2D eigenvalue weighted by Gasteiger charge is -2.30. The van der Waals surface area contributed by atoms with E-state index in [0.717, 1.165) is 34.2 Å². The standard InChI is InChI=1S/C32H35N5O3S/c1-20-10-17-26(36(20)21-11-14-23(39-5)15-12-21)29-28(25-9-7-8-18-33-25)35-31(41)37(29)22-13-16-24(27(19-22)40-6)34-30(38)32(2,3)4/h7-19,28-29H,1-6H3,(H,34,38)(H,35,41)/t28-,29-/m0/s1. The zero-order chi connectivity index (χ0) is 29.3. The van der Waals surface area contributed by atoms with Gasteiger partial charge in [-0.1, -0.05) is 26.8 Å². The van der Waals surface area contributed by atoms with Gasteiger partial charge < -0.3 is 29.6 Å². The molecule has 1 saturated heterocycles. The van der Waals surface area contributed by atoms with Gasteiger partial charge in [-0.3, -0.25) is 9.78 Å². The van der Waals surface area contributed by atoms with Crippen LogP contribution in [0.1, 0.15) is 49.9 Å². The molecule has 1 aliphatic heterocycles. The van der Waals surface area contributed by atoms with E-state index in [1.54, 1.807) is 20.4 Å². The summed E-state index contributed by atoms with van der Waals surface area (Å²) in [5.41, 5.74) is 4.90. The van der Waals surface area contributed by atoms with Gasteiger partial charge in [0.2, 0.25) is 5.91 Å². The van der Waals surface area contributed by atoms with E-state index in [0.29, 0.717) is 16.5 Å². The Morgan fingerprint density at radius 1 is 0.976 bits per heavy atom. The smallest absolute Gasteiger partial charge is 0.229 e. The first-order chi connectivity index (χ1) is 19.6. The van der Waals surface area contributed by atoms with Crippen molar-refractivity contribution in [1.29, 1.82) is 0 Å². The molecule has 0 saturated carbocycles. The van der Waals surface area contributed by atoms with Crippen molar-refractivity contribution < 1.29 is 14.3 Å². The van der Waals surface area contributed by atoms with Gasteiger partial charge in [0.1, 0.15) is 17.5 Å². The van der Waals surface area contributed by atoms with Gasteiger partial charge in [0.25, 0.3) is 0 Å². The molecule has 9 heteroatoms. The second kappa shape index (κ2) is 11.2. The molecule has 0 unspecified atom stereocenters. The number of anilines is 2. The van der Waals surface area contributed by atoms with Gasteiger partial charge in [-0.05, 0) is 79.8 Å². The van der Waals surface area contributed by atoms with Gasteiger partial charge in [-0.2, -0.15) is 0 Å². The molecule has 2 aromatic carbocycles. The number of nitrogens with zero attached hydrogens (tertiary/aromatic N) is 3. The predicted molar refractivity (Wildman–Crippen MR) is 166 cm³/mol. The summed E-state index contributed by atoms with van der Waals surface area (Å²) in [4.78, 5) is 19.5. The summed E-state index contributed by atoms with van der Waals surface area (Å²) in [6.07, 6.45) is 1.79. The van der Waals surface area contributed by atoms with Crippen LogP contribution in [0.25, 0.3) is 5.69 Å². The number of methoxy groups -OCH3 is 2. The van der Waals surface area contributed by atoms with Gasteiger partial charge in [0.05, 0.1) is 31.6 Å². The third-order valence-electron chi connectivity index (χ3n) is 7.23. The number of pyridine rings is 1. The number of carbonyl (C=O) groups is 1. The number of benzene rings is 2. The van der Waals surface area contributed by atoms with Crippen LogP contribution in [0.5, 0.6) is 11.5 Å². The van der Waals surface area contributed by atoms with E-state index in [4.69, 9.17) is 21.7 Å². The number of hydrogen-bond acceptors (Lipinski definition) is 5. The molecule has 3 heterocycles. The molecule has 0 bridgehead atoms.